The summed E-state index contributed by atoms with van der Waals surface area (Å²) in [5.74, 6) is 1.35. The number of halogens is 3. The smallest absolute Gasteiger partial charge is 0.309 e. The highest BCUT2D eigenvalue weighted by molar-refractivity contribution is 6.11. The van der Waals surface area contributed by atoms with Gasteiger partial charge in [0.05, 0.1) is 45.0 Å². The zero-order chi connectivity index (χ0) is 42.0. The fourth-order valence-corrected chi connectivity index (χ4v) is 8.59. The first-order valence-electron chi connectivity index (χ1n) is 20.0. The molecule has 62 heavy (non-hydrogen) atoms. The zero-order valence-corrected chi connectivity index (χ0v) is 32.7. The van der Waals surface area contributed by atoms with Gasteiger partial charge in [-0.05, 0) is 77.9 Å². The second-order valence-corrected chi connectivity index (χ2v) is 15.1. The first-order chi connectivity index (χ1) is 30.3. The van der Waals surface area contributed by atoms with E-state index in [1.54, 1.807) is 12.1 Å². The Hall–Kier alpha value is -8.35. The number of hydrogen-bond acceptors (Lipinski definition) is 4. The maximum atomic E-state index is 14.8. The van der Waals surface area contributed by atoms with Crippen molar-refractivity contribution in [1.82, 2.24) is 24.1 Å². The summed E-state index contributed by atoms with van der Waals surface area (Å²) >= 11 is 0. The Morgan fingerprint density at radius 2 is 0.935 bits per heavy atom. The molecule has 0 amide bonds. The van der Waals surface area contributed by atoms with Crippen LogP contribution in [-0.4, -0.2) is 24.1 Å². The standard InChI is InChI=1S/C53H31F3N6/c54-53(55,56)38-28-37(29-39(31-38)61-45-20-10-7-17-40(45)41-18-8-11-21-46(41)61)36-24-26-48-43(30-36)42-19-9-12-22-47(42)62(48)49-25-23-33(32-57)27-44(49)52-59-50(34-13-3-1-4-14-34)58-51(60-52)35-15-5-2-6-16-35/h1-31H. The van der Waals surface area contributed by atoms with Crippen LogP contribution in [0.15, 0.2) is 188 Å². The van der Waals surface area contributed by atoms with Gasteiger partial charge in [0.25, 0.3) is 0 Å². The summed E-state index contributed by atoms with van der Waals surface area (Å²) in [4.78, 5) is 14.9. The summed E-state index contributed by atoms with van der Waals surface area (Å²) in [6.45, 7) is 0. The van der Waals surface area contributed by atoms with E-state index >= 15 is 0 Å². The van der Waals surface area contributed by atoms with Crippen molar-refractivity contribution in [2.45, 2.75) is 6.18 Å². The van der Waals surface area contributed by atoms with Gasteiger partial charge in [0, 0.05) is 43.9 Å². The predicted octanol–water partition coefficient (Wildman–Crippen LogP) is 13.6. The van der Waals surface area contributed by atoms with E-state index < -0.39 is 11.7 Å². The van der Waals surface area contributed by atoms with Gasteiger partial charge in [0.15, 0.2) is 17.5 Å². The number of fused-ring (bicyclic) bond motifs is 6. The predicted molar refractivity (Wildman–Crippen MR) is 240 cm³/mol. The first kappa shape index (κ1) is 36.7. The lowest BCUT2D eigenvalue weighted by molar-refractivity contribution is -0.137. The molecule has 11 aromatic rings. The van der Waals surface area contributed by atoms with Crippen molar-refractivity contribution in [2.75, 3.05) is 0 Å². The van der Waals surface area contributed by atoms with Gasteiger partial charge in [-0.2, -0.15) is 18.4 Å². The molecule has 3 heterocycles. The van der Waals surface area contributed by atoms with E-state index in [4.69, 9.17) is 15.0 Å². The van der Waals surface area contributed by atoms with Crippen molar-refractivity contribution >= 4 is 43.6 Å². The van der Waals surface area contributed by atoms with Crippen LogP contribution in [0, 0.1) is 11.3 Å². The minimum absolute atomic E-state index is 0.383. The lowest BCUT2D eigenvalue weighted by Crippen LogP contribution is -2.07. The minimum atomic E-state index is -4.59. The van der Waals surface area contributed by atoms with Crippen LogP contribution >= 0.6 is 0 Å². The molecule has 0 aliphatic rings. The maximum absolute atomic E-state index is 14.8. The van der Waals surface area contributed by atoms with E-state index in [-0.39, 0.29) is 0 Å². The normalized spacial score (nSPS) is 11.8. The molecule has 0 saturated heterocycles. The van der Waals surface area contributed by atoms with E-state index in [0.717, 1.165) is 60.4 Å². The number of rotatable bonds is 6. The summed E-state index contributed by atoms with van der Waals surface area (Å²) in [5, 5.41) is 13.8. The lowest BCUT2D eigenvalue weighted by atomic mass is 9.99. The SMILES string of the molecule is N#Cc1ccc(-n2c3ccccc3c3cc(-c4cc(-n5c6ccccc6c6ccccc65)cc(C(F)(F)F)c4)ccc32)c(-c2nc(-c3ccccc3)nc(-c3ccccc3)n2)c1. The molecule has 9 heteroatoms. The minimum Gasteiger partial charge on any atom is -0.309 e. The molecular formula is C53H31F3N6. The van der Waals surface area contributed by atoms with Gasteiger partial charge in [0.2, 0.25) is 0 Å². The molecule has 0 N–H and O–H groups in total. The largest absolute Gasteiger partial charge is 0.416 e. The highest BCUT2D eigenvalue weighted by Gasteiger charge is 2.32. The van der Waals surface area contributed by atoms with Crippen LogP contribution in [0.5, 0.6) is 0 Å². The number of benzene rings is 8. The van der Waals surface area contributed by atoms with Gasteiger partial charge in [-0.3, -0.25) is 0 Å². The van der Waals surface area contributed by atoms with Gasteiger partial charge in [-0.25, -0.2) is 15.0 Å². The zero-order valence-electron chi connectivity index (χ0n) is 32.7. The van der Waals surface area contributed by atoms with E-state index in [9.17, 15) is 18.4 Å². The van der Waals surface area contributed by atoms with Crippen molar-refractivity contribution < 1.29 is 13.2 Å². The number of nitriles is 1. The van der Waals surface area contributed by atoms with Crippen LogP contribution in [0.1, 0.15) is 11.1 Å². The second-order valence-electron chi connectivity index (χ2n) is 15.1. The number of nitrogens with zero attached hydrogens (tertiary/aromatic N) is 6. The number of alkyl halides is 3. The number of aromatic nitrogens is 5. The van der Waals surface area contributed by atoms with Gasteiger partial charge in [0.1, 0.15) is 0 Å². The highest BCUT2D eigenvalue weighted by Crippen LogP contribution is 2.41. The molecule has 0 atom stereocenters. The Labute approximate surface area is 353 Å². The van der Waals surface area contributed by atoms with Crippen LogP contribution in [0.3, 0.4) is 0 Å². The van der Waals surface area contributed by atoms with Crippen LogP contribution < -0.4 is 0 Å². The van der Waals surface area contributed by atoms with Crippen LogP contribution in [0.4, 0.5) is 13.2 Å². The quantitative estimate of drug-likeness (QED) is 0.168. The summed E-state index contributed by atoms with van der Waals surface area (Å²) in [5.41, 5.74) is 7.45. The molecule has 0 unspecified atom stereocenters. The molecule has 0 spiro atoms. The van der Waals surface area contributed by atoms with Crippen molar-refractivity contribution in [3.05, 3.63) is 199 Å². The number of para-hydroxylation sites is 3. The molecule has 0 bridgehead atoms. The van der Waals surface area contributed by atoms with E-state index in [1.807, 2.05) is 168 Å². The third-order valence-corrected chi connectivity index (χ3v) is 11.4. The molecule has 0 saturated carbocycles. The van der Waals surface area contributed by atoms with Crippen LogP contribution in [-0.2, 0) is 6.18 Å². The Morgan fingerprint density at radius 3 is 1.52 bits per heavy atom. The average molecular weight is 809 g/mol. The summed E-state index contributed by atoms with van der Waals surface area (Å²) in [6.07, 6.45) is -4.59. The topological polar surface area (TPSA) is 72.3 Å². The van der Waals surface area contributed by atoms with Gasteiger partial charge < -0.3 is 9.13 Å². The van der Waals surface area contributed by atoms with Crippen molar-refractivity contribution in [3.63, 3.8) is 0 Å². The molecule has 11 rings (SSSR count). The van der Waals surface area contributed by atoms with Gasteiger partial charge in [-0.15, -0.1) is 0 Å². The fraction of sp³-hybridized carbons (Fsp3) is 0.0189. The van der Waals surface area contributed by atoms with Gasteiger partial charge in [-0.1, -0.05) is 121 Å². The summed E-state index contributed by atoms with van der Waals surface area (Å²) in [6, 6.07) is 60.7. The summed E-state index contributed by atoms with van der Waals surface area (Å²) < 4.78 is 48.5. The molecule has 3 aromatic heterocycles. The molecular weight excluding hydrogens is 778 g/mol. The Kier molecular flexibility index (Phi) is 8.55. The Bertz CT molecular complexity index is 3470. The number of hydrogen-bond donors (Lipinski definition) is 0. The summed E-state index contributed by atoms with van der Waals surface area (Å²) in [7, 11) is 0. The van der Waals surface area contributed by atoms with E-state index in [0.29, 0.717) is 45.4 Å². The molecule has 0 aliphatic heterocycles. The Morgan fingerprint density at radius 1 is 0.419 bits per heavy atom. The van der Waals surface area contributed by atoms with E-state index in [1.165, 1.54) is 12.1 Å². The molecule has 0 radical (unpaired) electrons. The monoisotopic (exact) mass is 808 g/mol. The van der Waals surface area contributed by atoms with Gasteiger partial charge >= 0.3 is 6.18 Å². The first-order valence-corrected chi connectivity index (χ1v) is 20.0. The van der Waals surface area contributed by atoms with Crippen molar-refractivity contribution in [2.24, 2.45) is 0 Å². The van der Waals surface area contributed by atoms with Crippen molar-refractivity contribution in [3.8, 4) is 62.7 Å². The highest BCUT2D eigenvalue weighted by atomic mass is 19.4. The molecule has 0 aliphatic carbocycles. The van der Waals surface area contributed by atoms with Crippen LogP contribution in [0.2, 0.25) is 0 Å². The van der Waals surface area contributed by atoms with Crippen LogP contribution in [0.25, 0.3) is 100 Å². The fourth-order valence-electron chi connectivity index (χ4n) is 8.59. The second kappa shape index (κ2) is 14.4. The molecule has 8 aromatic carbocycles. The Balaban J connectivity index is 1.13. The molecule has 6 nitrogen and oxygen atoms in total. The molecule has 0 fully saturated rings. The third kappa shape index (κ3) is 6.16. The maximum Gasteiger partial charge on any atom is 0.416 e. The van der Waals surface area contributed by atoms with Crippen molar-refractivity contribution in [1.29, 1.82) is 5.26 Å². The lowest BCUT2D eigenvalue weighted by Gasteiger charge is -2.16. The molecule has 294 valence electrons. The van der Waals surface area contributed by atoms with E-state index in [2.05, 4.69) is 10.6 Å². The third-order valence-electron chi connectivity index (χ3n) is 11.4. The average Bonchev–Trinajstić information content (AvgIpc) is 3.84.